The van der Waals surface area contributed by atoms with Gasteiger partial charge in [-0.1, -0.05) is 48.5 Å². The van der Waals surface area contributed by atoms with Crippen LogP contribution in [0.3, 0.4) is 0 Å². The predicted octanol–water partition coefficient (Wildman–Crippen LogP) is 4.75. The second-order valence-corrected chi connectivity index (χ2v) is 6.15. The van der Waals surface area contributed by atoms with Crippen LogP contribution in [0.15, 0.2) is 89.6 Å². The number of cyclic esters (lactones) is 1. The average Bonchev–Trinajstić information content (AvgIpc) is 3.09. The van der Waals surface area contributed by atoms with E-state index < -0.39 is 5.97 Å². The van der Waals surface area contributed by atoms with Crippen LogP contribution in [0.25, 0.3) is 6.08 Å². The zero-order chi connectivity index (χ0) is 19.3. The highest BCUT2D eigenvalue weighted by atomic mass is 19.1. The summed E-state index contributed by atoms with van der Waals surface area (Å²) in [6.07, 6.45) is 1.65. The van der Waals surface area contributed by atoms with Gasteiger partial charge in [0.2, 0.25) is 5.90 Å². The van der Waals surface area contributed by atoms with Crippen molar-refractivity contribution in [2.75, 3.05) is 0 Å². The molecule has 0 fully saturated rings. The molecule has 0 unspecified atom stereocenters. The van der Waals surface area contributed by atoms with Gasteiger partial charge in [-0.2, -0.15) is 0 Å². The molecule has 0 radical (unpaired) electrons. The minimum absolute atomic E-state index is 0.143. The third-order valence-corrected chi connectivity index (χ3v) is 4.18. The highest BCUT2D eigenvalue weighted by Crippen LogP contribution is 2.21. The lowest BCUT2D eigenvalue weighted by Crippen LogP contribution is -2.04. The molecular weight excluding hydrogens is 357 g/mol. The first kappa shape index (κ1) is 17.7. The first-order valence-electron chi connectivity index (χ1n) is 8.73. The Hall–Kier alpha value is -3.73. The van der Waals surface area contributed by atoms with Gasteiger partial charge in [0.25, 0.3) is 0 Å². The van der Waals surface area contributed by atoms with Crippen LogP contribution in [0.4, 0.5) is 4.39 Å². The Labute approximate surface area is 161 Å². The quantitative estimate of drug-likeness (QED) is 0.479. The van der Waals surface area contributed by atoms with E-state index in [2.05, 4.69) is 4.99 Å². The largest absolute Gasteiger partial charge is 0.489 e. The van der Waals surface area contributed by atoms with Crippen molar-refractivity contribution < 1.29 is 18.7 Å². The van der Waals surface area contributed by atoms with Gasteiger partial charge >= 0.3 is 5.97 Å². The molecule has 0 amide bonds. The van der Waals surface area contributed by atoms with Crippen molar-refractivity contribution in [2.24, 2.45) is 4.99 Å². The zero-order valence-electron chi connectivity index (χ0n) is 14.8. The Bertz CT molecular complexity index is 1060. The molecule has 0 saturated carbocycles. The standard InChI is InChI=1S/C23H16FNO3/c24-20-9-5-4-8-18(20)15-27-19-12-10-16(11-13-19)14-21-23(26)28-22(25-21)17-6-2-1-3-7-17/h1-14H,15H2/b21-14-. The maximum absolute atomic E-state index is 13.6. The summed E-state index contributed by atoms with van der Waals surface area (Å²) < 4.78 is 24.5. The number of carbonyl (C=O) groups excluding carboxylic acids is 1. The number of carbonyl (C=O) groups is 1. The summed E-state index contributed by atoms with van der Waals surface area (Å²) in [5, 5.41) is 0. The number of nitrogens with zero attached hydrogens (tertiary/aromatic N) is 1. The summed E-state index contributed by atoms with van der Waals surface area (Å²) in [6, 6.07) is 22.9. The van der Waals surface area contributed by atoms with Crippen molar-refractivity contribution in [3.8, 4) is 5.75 Å². The van der Waals surface area contributed by atoms with E-state index in [-0.39, 0.29) is 18.1 Å². The van der Waals surface area contributed by atoms with Crippen molar-refractivity contribution in [2.45, 2.75) is 6.61 Å². The maximum Gasteiger partial charge on any atom is 0.363 e. The molecule has 3 aromatic rings. The van der Waals surface area contributed by atoms with Crippen molar-refractivity contribution in [3.63, 3.8) is 0 Å². The smallest absolute Gasteiger partial charge is 0.363 e. The average molecular weight is 373 g/mol. The van der Waals surface area contributed by atoms with Gasteiger partial charge in [-0.25, -0.2) is 14.2 Å². The number of hydrogen-bond donors (Lipinski definition) is 0. The molecule has 4 nitrogen and oxygen atoms in total. The lowest BCUT2D eigenvalue weighted by Gasteiger charge is -2.07. The molecule has 0 saturated heterocycles. The number of aliphatic imine (C=N–C) groups is 1. The summed E-state index contributed by atoms with van der Waals surface area (Å²) >= 11 is 0. The number of hydrogen-bond acceptors (Lipinski definition) is 4. The molecule has 4 rings (SSSR count). The van der Waals surface area contributed by atoms with E-state index in [0.29, 0.717) is 17.2 Å². The molecular formula is C23H16FNO3. The molecule has 0 atom stereocenters. The Morgan fingerprint density at radius 2 is 1.64 bits per heavy atom. The van der Waals surface area contributed by atoms with Crippen molar-refractivity contribution >= 4 is 17.9 Å². The molecule has 28 heavy (non-hydrogen) atoms. The summed E-state index contributed by atoms with van der Waals surface area (Å²) in [5.74, 6) is 0.115. The monoisotopic (exact) mass is 373 g/mol. The first-order chi connectivity index (χ1) is 13.7. The van der Waals surface area contributed by atoms with E-state index in [1.54, 1.807) is 48.5 Å². The lowest BCUT2D eigenvalue weighted by atomic mass is 10.2. The molecule has 138 valence electrons. The van der Waals surface area contributed by atoms with Gasteiger partial charge in [0, 0.05) is 11.1 Å². The van der Waals surface area contributed by atoms with Gasteiger partial charge in [-0.3, -0.25) is 0 Å². The molecule has 1 aliphatic rings. The topological polar surface area (TPSA) is 47.9 Å². The predicted molar refractivity (Wildman–Crippen MR) is 104 cm³/mol. The summed E-state index contributed by atoms with van der Waals surface area (Å²) in [6.45, 7) is 0.143. The van der Waals surface area contributed by atoms with E-state index in [1.165, 1.54) is 6.07 Å². The third-order valence-electron chi connectivity index (χ3n) is 4.18. The van der Waals surface area contributed by atoms with Crippen LogP contribution in [-0.4, -0.2) is 11.9 Å². The second kappa shape index (κ2) is 7.88. The lowest BCUT2D eigenvalue weighted by molar-refractivity contribution is -0.129. The van der Waals surface area contributed by atoms with Gasteiger partial charge in [-0.05, 0) is 42.0 Å². The fraction of sp³-hybridized carbons (Fsp3) is 0.0435. The zero-order valence-corrected chi connectivity index (χ0v) is 14.8. The van der Waals surface area contributed by atoms with Gasteiger partial charge < -0.3 is 9.47 Å². The van der Waals surface area contributed by atoms with Crippen LogP contribution in [0.2, 0.25) is 0 Å². The van der Waals surface area contributed by atoms with Crippen LogP contribution in [0.1, 0.15) is 16.7 Å². The first-order valence-corrected chi connectivity index (χ1v) is 8.73. The molecule has 1 aliphatic heterocycles. The summed E-state index contributed by atoms with van der Waals surface area (Å²) in [4.78, 5) is 16.3. The minimum atomic E-state index is -0.487. The molecule has 0 aliphatic carbocycles. The van der Waals surface area contributed by atoms with Crippen molar-refractivity contribution in [1.29, 1.82) is 0 Å². The number of esters is 1. The van der Waals surface area contributed by atoms with Crippen LogP contribution >= 0.6 is 0 Å². The maximum atomic E-state index is 13.6. The number of benzene rings is 3. The molecule has 1 heterocycles. The van der Waals surface area contributed by atoms with E-state index in [1.807, 2.05) is 30.3 Å². The highest BCUT2D eigenvalue weighted by Gasteiger charge is 2.23. The number of ether oxygens (including phenoxy) is 2. The van der Waals surface area contributed by atoms with Crippen LogP contribution in [0, 0.1) is 5.82 Å². The SMILES string of the molecule is O=C1OC(c2ccccc2)=N/C1=C\c1ccc(OCc2ccccc2F)cc1. The number of rotatable bonds is 5. The molecule has 0 aromatic heterocycles. The van der Waals surface area contributed by atoms with Crippen LogP contribution < -0.4 is 4.74 Å². The van der Waals surface area contributed by atoms with Gasteiger partial charge in [-0.15, -0.1) is 0 Å². The minimum Gasteiger partial charge on any atom is -0.489 e. The molecule has 3 aromatic carbocycles. The summed E-state index contributed by atoms with van der Waals surface area (Å²) in [5.41, 5.74) is 2.25. The Morgan fingerprint density at radius 3 is 2.39 bits per heavy atom. The van der Waals surface area contributed by atoms with Gasteiger partial charge in [0.05, 0.1) is 0 Å². The Balaban J connectivity index is 1.46. The van der Waals surface area contributed by atoms with Crippen LogP contribution in [0.5, 0.6) is 5.75 Å². The van der Waals surface area contributed by atoms with E-state index in [9.17, 15) is 9.18 Å². The fourth-order valence-electron chi connectivity index (χ4n) is 2.71. The molecule has 0 bridgehead atoms. The van der Waals surface area contributed by atoms with E-state index in [0.717, 1.165) is 11.1 Å². The van der Waals surface area contributed by atoms with Crippen LogP contribution in [-0.2, 0) is 16.1 Å². The molecule has 5 heteroatoms. The van der Waals surface area contributed by atoms with Gasteiger partial charge in [0.1, 0.15) is 18.2 Å². The van der Waals surface area contributed by atoms with Crippen molar-refractivity contribution in [1.82, 2.24) is 0 Å². The normalized spacial score (nSPS) is 14.7. The molecule has 0 N–H and O–H groups in total. The Kier molecular flexibility index (Phi) is 4.97. The molecule has 0 spiro atoms. The third kappa shape index (κ3) is 3.99. The van der Waals surface area contributed by atoms with Gasteiger partial charge in [0.15, 0.2) is 5.70 Å². The summed E-state index contributed by atoms with van der Waals surface area (Å²) in [7, 11) is 0. The van der Waals surface area contributed by atoms with Crippen molar-refractivity contribution in [3.05, 3.63) is 107 Å². The Morgan fingerprint density at radius 1 is 0.929 bits per heavy atom. The van der Waals surface area contributed by atoms with E-state index >= 15 is 0 Å². The fourth-order valence-corrected chi connectivity index (χ4v) is 2.71. The number of halogens is 1. The van der Waals surface area contributed by atoms with E-state index in [4.69, 9.17) is 9.47 Å². The second-order valence-electron chi connectivity index (χ2n) is 6.15. The highest BCUT2D eigenvalue weighted by molar-refractivity contribution is 6.12.